The van der Waals surface area contributed by atoms with Crippen LogP contribution < -0.4 is 5.32 Å². The molecule has 0 radical (unpaired) electrons. The normalized spacial score (nSPS) is 10.6. The van der Waals surface area contributed by atoms with Crippen LogP contribution in [0.15, 0.2) is 12.1 Å². The minimum Gasteiger partial charge on any atom is -0.505 e. The summed E-state index contributed by atoms with van der Waals surface area (Å²) in [4.78, 5) is 0. The monoisotopic (exact) mass is 305 g/mol. The van der Waals surface area contributed by atoms with E-state index in [9.17, 15) is 5.11 Å². The third-order valence-electron chi connectivity index (χ3n) is 2.04. The van der Waals surface area contributed by atoms with E-state index >= 15 is 0 Å². The van der Waals surface area contributed by atoms with Gasteiger partial charge in [-0.2, -0.15) is 0 Å². The quantitative estimate of drug-likeness (QED) is 0.664. The Morgan fingerprint density at radius 3 is 2.57 bits per heavy atom. The van der Waals surface area contributed by atoms with Crippen LogP contribution in [-0.2, 0) is 6.42 Å². The second kappa shape index (κ2) is 4.87. The fourth-order valence-electron chi connectivity index (χ4n) is 1.44. The second-order valence-electron chi connectivity index (χ2n) is 3.82. The van der Waals surface area contributed by atoms with Gasteiger partial charge in [-0.25, -0.2) is 0 Å². The van der Waals surface area contributed by atoms with Crippen LogP contribution in [0.3, 0.4) is 0 Å². The number of nitrogens with one attached hydrogen (secondary N) is 1. The fraction of sp³-hybridized carbons (Fsp3) is 0.455. The Labute approximate surface area is 98.9 Å². The first-order valence-corrected chi connectivity index (χ1v) is 5.81. The summed E-state index contributed by atoms with van der Waals surface area (Å²) < 4.78 is 0.908. The van der Waals surface area contributed by atoms with E-state index in [2.05, 4.69) is 41.8 Å². The lowest BCUT2D eigenvalue weighted by atomic mass is 10.0. The highest BCUT2D eigenvalue weighted by Gasteiger charge is 2.07. The smallest absolute Gasteiger partial charge is 0.151 e. The van der Waals surface area contributed by atoms with E-state index in [4.69, 9.17) is 0 Å². The summed E-state index contributed by atoms with van der Waals surface area (Å²) in [5, 5.41) is 12.7. The molecule has 0 saturated heterocycles. The Bertz CT molecular complexity index is 323. The molecule has 0 amide bonds. The lowest BCUT2D eigenvalue weighted by molar-refractivity contribution is 0.473. The minimum absolute atomic E-state index is 0.348. The van der Waals surface area contributed by atoms with E-state index in [1.165, 1.54) is 5.56 Å². The maximum Gasteiger partial charge on any atom is 0.151 e. The van der Waals surface area contributed by atoms with Gasteiger partial charge in [0.05, 0.1) is 9.26 Å². The Morgan fingerprint density at radius 1 is 1.43 bits per heavy atom. The van der Waals surface area contributed by atoms with Crippen molar-refractivity contribution in [3.8, 4) is 5.75 Å². The fourth-order valence-corrected chi connectivity index (χ4v) is 2.13. The van der Waals surface area contributed by atoms with Crippen LogP contribution in [0.4, 0.5) is 5.69 Å². The largest absolute Gasteiger partial charge is 0.505 e. The number of hydrogen-bond acceptors (Lipinski definition) is 2. The van der Waals surface area contributed by atoms with Crippen molar-refractivity contribution in [1.82, 2.24) is 0 Å². The van der Waals surface area contributed by atoms with Crippen LogP contribution in [0.25, 0.3) is 0 Å². The highest BCUT2D eigenvalue weighted by atomic mass is 127. The van der Waals surface area contributed by atoms with Crippen LogP contribution in [0.2, 0.25) is 0 Å². The average Bonchev–Trinajstić information content (AvgIpc) is 2.10. The summed E-state index contributed by atoms with van der Waals surface area (Å²) in [6, 6.07) is 4.05. The molecular weight excluding hydrogens is 289 g/mol. The molecule has 0 aromatic heterocycles. The van der Waals surface area contributed by atoms with Gasteiger partial charge in [-0.15, -0.1) is 0 Å². The van der Waals surface area contributed by atoms with Crippen molar-refractivity contribution in [2.24, 2.45) is 5.92 Å². The predicted octanol–water partition coefficient (Wildman–Crippen LogP) is 3.24. The van der Waals surface area contributed by atoms with E-state index < -0.39 is 0 Å². The van der Waals surface area contributed by atoms with Gasteiger partial charge in [0.15, 0.2) is 5.75 Å². The molecule has 1 rings (SSSR count). The molecule has 14 heavy (non-hydrogen) atoms. The third-order valence-corrected chi connectivity index (χ3v) is 2.86. The zero-order chi connectivity index (χ0) is 10.7. The van der Waals surface area contributed by atoms with Gasteiger partial charge in [0.25, 0.3) is 0 Å². The number of phenolic OH excluding ortho intramolecular Hbond substituents is 1. The Morgan fingerprint density at radius 2 is 2.07 bits per heavy atom. The maximum absolute atomic E-state index is 9.69. The summed E-state index contributed by atoms with van der Waals surface area (Å²) >= 11 is 2.16. The van der Waals surface area contributed by atoms with Crippen molar-refractivity contribution in [3.63, 3.8) is 0 Å². The van der Waals surface area contributed by atoms with Gasteiger partial charge in [0.2, 0.25) is 0 Å². The van der Waals surface area contributed by atoms with E-state index in [1.54, 1.807) is 0 Å². The lowest BCUT2D eigenvalue weighted by Gasteiger charge is -2.10. The zero-order valence-corrected chi connectivity index (χ0v) is 10.9. The number of rotatable bonds is 3. The summed E-state index contributed by atoms with van der Waals surface area (Å²) in [6.45, 7) is 4.39. The molecule has 0 bridgehead atoms. The van der Waals surface area contributed by atoms with Gasteiger partial charge in [0.1, 0.15) is 0 Å². The van der Waals surface area contributed by atoms with Crippen molar-refractivity contribution in [3.05, 3.63) is 21.3 Å². The van der Waals surface area contributed by atoms with Gasteiger partial charge in [0, 0.05) is 7.05 Å². The van der Waals surface area contributed by atoms with Gasteiger partial charge in [-0.3, -0.25) is 0 Å². The molecule has 0 heterocycles. The van der Waals surface area contributed by atoms with Crippen LogP contribution in [-0.4, -0.2) is 12.2 Å². The summed E-state index contributed by atoms with van der Waals surface area (Å²) in [6.07, 6.45) is 1.05. The van der Waals surface area contributed by atoms with Crippen LogP contribution in [0.5, 0.6) is 5.75 Å². The maximum atomic E-state index is 9.69. The molecule has 78 valence electrons. The summed E-state index contributed by atoms with van der Waals surface area (Å²) in [5.74, 6) is 0.987. The van der Waals surface area contributed by atoms with Gasteiger partial charge in [-0.05, 0) is 52.6 Å². The first kappa shape index (κ1) is 11.6. The predicted molar refractivity (Wildman–Crippen MR) is 68.9 cm³/mol. The van der Waals surface area contributed by atoms with Crippen LogP contribution in [0, 0.1) is 9.49 Å². The first-order valence-electron chi connectivity index (χ1n) is 4.73. The minimum atomic E-state index is 0.348. The standard InChI is InChI=1S/C11H16INO/c1-7(2)4-8-5-9(12)11(14)10(6-8)13-3/h5-7,13-14H,4H2,1-3H3. The number of benzene rings is 1. The molecule has 0 spiro atoms. The number of anilines is 1. The molecule has 1 aromatic rings. The topological polar surface area (TPSA) is 32.3 Å². The summed E-state index contributed by atoms with van der Waals surface area (Å²) in [7, 11) is 1.82. The van der Waals surface area contributed by atoms with Crippen molar-refractivity contribution < 1.29 is 5.11 Å². The van der Waals surface area contributed by atoms with Crippen LogP contribution in [0.1, 0.15) is 19.4 Å². The van der Waals surface area contributed by atoms with Crippen LogP contribution >= 0.6 is 22.6 Å². The van der Waals surface area contributed by atoms with E-state index in [-0.39, 0.29) is 0 Å². The number of hydrogen-bond donors (Lipinski definition) is 2. The lowest BCUT2D eigenvalue weighted by Crippen LogP contribution is -1.97. The molecule has 1 aromatic carbocycles. The number of phenols is 1. The Balaban J connectivity index is 3.03. The molecule has 0 aliphatic carbocycles. The molecule has 0 aliphatic rings. The molecule has 0 saturated carbocycles. The highest BCUT2D eigenvalue weighted by molar-refractivity contribution is 14.1. The van der Waals surface area contributed by atoms with E-state index in [0.717, 1.165) is 15.7 Å². The van der Waals surface area contributed by atoms with Crippen molar-refractivity contribution >= 4 is 28.3 Å². The highest BCUT2D eigenvalue weighted by Crippen LogP contribution is 2.30. The first-order chi connectivity index (χ1) is 6.54. The Hall–Kier alpha value is -0.450. The zero-order valence-electron chi connectivity index (χ0n) is 8.76. The number of aromatic hydroxyl groups is 1. The van der Waals surface area contributed by atoms with Gasteiger partial charge < -0.3 is 10.4 Å². The van der Waals surface area contributed by atoms with E-state index in [0.29, 0.717) is 11.7 Å². The van der Waals surface area contributed by atoms with E-state index in [1.807, 2.05) is 19.2 Å². The van der Waals surface area contributed by atoms with Gasteiger partial charge >= 0.3 is 0 Å². The molecular formula is C11H16INO. The SMILES string of the molecule is CNc1cc(CC(C)C)cc(I)c1O. The molecule has 2 nitrogen and oxygen atoms in total. The van der Waals surface area contributed by atoms with Gasteiger partial charge in [-0.1, -0.05) is 13.8 Å². The second-order valence-corrected chi connectivity index (χ2v) is 4.98. The van der Waals surface area contributed by atoms with Crippen molar-refractivity contribution in [2.75, 3.05) is 12.4 Å². The Kier molecular flexibility index (Phi) is 4.04. The molecule has 0 fully saturated rings. The molecule has 2 N–H and O–H groups in total. The third kappa shape index (κ3) is 2.77. The van der Waals surface area contributed by atoms with Crippen molar-refractivity contribution in [2.45, 2.75) is 20.3 Å². The molecule has 0 unspecified atom stereocenters. The van der Waals surface area contributed by atoms with Crippen molar-refractivity contribution in [1.29, 1.82) is 0 Å². The number of halogens is 1. The average molecular weight is 305 g/mol. The molecule has 0 aliphatic heterocycles. The summed E-state index contributed by atoms with van der Waals surface area (Å²) in [5.41, 5.74) is 2.08. The molecule has 3 heteroatoms. The molecule has 0 atom stereocenters.